The number of hydrogen-bond donors (Lipinski definition) is 0. The summed E-state index contributed by atoms with van der Waals surface area (Å²) in [5.41, 5.74) is 3.78. The Morgan fingerprint density at radius 2 is 1.91 bits per heavy atom. The van der Waals surface area contributed by atoms with Gasteiger partial charge in [-0.15, -0.1) is 10.2 Å². The second kappa shape index (κ2) is 6.28. The molecule has 5 nitrogen and oxygen atoms in total. The van der Waals surface area contributed by atoms with Gasteiger partial charge in [0.2, 0.25) is 0 Å². The molecule has 0 N–H and O–H groups in total. The Bertz CT molecular complexity index is 808. The van der Waals surface area contributed by atoms with Gasteiger partial charge in [0.05, 0.1) is 11.5 Å². The van der Waals surface area contributed by atoms with Crippen molar-refractivity contribution in [1.29, 1.82) is 0 Å². The summed E-state index contributed by atoms with van der Waals surface area (Å²) in [4.78, 5) is 0. The highest BCUT2D eigenvalue weighted by Gasteiger charge is 2.32. The van der Waals surface area contributed by atoms with Gasteiger partial charge in [-0.25, -0.2) is 8.42 Å². The number of thioether (sulfide) groups is 1. The molecule has 1 aromatic carbocycles. The lowest BCUT2D eigenvalue weighted by atomic mass is 10.1. The molecular formula is C16H21N3O2S2. The van der Waals surface area contributed by atoms with Gasteiger partial charge in [0.15, 0.2) is 15.0 Å². The minimum absolute atomic E-state index is 0.0203. The Morgan fingerprint density at radius 3 is 2.52 bits per heavy atom. The summed E-state index contributed by atoms with van der Waals surface area (Å²) in [6, 6.07) is 6.52. The maximum atomic E-state index is 11.6. The summed E-state index contributed by atoms with van der Waals surface area (Å²) >= 11 is 1.64. The average Bonchev–Trinajstić information content (AvgIpc) is 2.98. The Labute approximate surface area is 141 Å². The molecule has 23 heavy (non-hydrogen) atoms. The van der Waals surface area contributed by atoms with Crippen molar-refractivity contribution in [3.63, 3.8) is 0 Å². The van der Waals surface area contributed by atoms with Crippen molar-refractivity contribution in [3.05, 3.63) is 40.7 Å². The number of nitrogens with zero attached hydrogens (tertiary/aromatic N) is 3. The number of benzene rings is 1. The van der Waals surface area contributed by atoms with Crippen molar-refractivity contribution in [1.82, 2.24) is 14.8 Å². The van der Waals surface area contributed by atoms with Crippen LogP contribution in [-0.2, 0) is 22.6 Å². The Morgan fingerprint density at radius 1 is 1.22 bits per heavy atom. The van der Waals surface area contributed by atoms with Gasteiger partial charge < -0.3 is 4.57 Å². The predicted molar refractivity (Wildman–Crippen MR) is 92.5 cm³/mol. The quantitative estimate of drug-likeness (QED) is 0.792. The summed E-state index contributed by atoms with van der Waals surface area (Å²) in [5.74, 6) is 2.05. The van der Waals surface area contributed by atoms with Crippen LogP contribution >= 0.6 is 11.8 Å². The molecule has 0 bridgehead atoms. The van der Waals surface area contributed by atoms with Crippen molar-refractivity contribution in [2.24, 2.45) is 7.05 Å². The number of sulfone groups is 1. The molecule has 0 spiro atoms. The van der Waals surface area contributed by atoms with Crippen LogP contribution < -0.4 is 0 Å². The van der Waals surface area contributed by atoms with Crippen molar-refractivity contribution < 1.29 is 8.42 Å². The summed E-state index contributed by atoms with van der Waals surface area (Å²) in [6.45, 7) is 4.20. The molecule has 0 aliphatic carbocycles. The lowest BCUT2D eigenvalue weighted by molar-refractivity contribution is 0.599. The summed E-state index contributed by atoms with van der Waals surface area (Å²) in [6.07, 6.45) is 0.649. The van der Waals surface area contributed by atoms with Crippen LogP contribution in [0.15, 0.2) is 23.4 Å². The normalized spacial score (nSPS) is 20.0. The summed E-state index contributed by atoms with van der Waals surface area (Å²) in [5, 5.41) is 9.32. The van der Waals surface area contributed by atoms with Gasteiger partial charge in [-0.2, -0.15) is 0 Å². The molecule has 124 valence electrons. The maximum absolute atomic E-state index is 11.6. The van der Waals surface area contributed by atoms with E-state index in [9.17, 15) is 8.42 Å². The van der Waals surface area contributed by atoms with Gasteiger partial charge in [0, 0.05) is 18.7 Å². The molecule has 2 aromatic rings. The van der Waals surface area contributed by atoms with Crippen LogP contribution in [0.2, 0.25) is 0 Å². The monoisotopic (exact) mass is 351 g/mol. The highest BCUT2D eigenvalue weighted by molar-refractivity contribution is 7.98. The van der Waals surface area contributed by atoms with Gasteiger partial charge in [-0.1, -0.05) is 41.1 Å². The fourth-order valence-corrected chi connectivity index (χ4v) is 5.69. The van der Waals surface area contributed by atoms with E-state index in [-0.39, 0.29) is 17.4 Å². The molecule has 1 aliphatic heterocycles. The minimum atomic E-state index is -2.90. The van der Waals surface area contributed by atoms with Crippen LogP contribution in [0.3, 0.4) is 0 Å². The fourth-order valence-electron chi connectivity index (χ4n) is 3.11. The zero-order valence-corrected chi connectivity index (χ0v) is 15.2. The third kappa shape index (κ3) is 3.77. The van der Waals surface area contributed by atoms with Crippen LogP contribution in [0.1, 0.15) is 34.9 Å². The van der Waals surface area contributed by atoms with E-state index in [4.69, 9.17) is 0 Å². The van der Waals surface area contributed by atoms with Gasteiger partial charge in [0.25, 0.3) is 0 Å². The molecule has 2 heterocycles. The molecule has 1 saturated heterocycles. The molecule has 1 atom stereocenters. The SMILES string of the molecule is Cc1cc(C)cc(CSc2nnc(C3CCS(=O)(=O)C3)n2C)c1. The molecule has 1 aliphatic rings. The number of aryl methyl sites for hydroxylation is 2. The molecule has 0 radical (unpaired) electrons. The molecule has 1 aromatic heterocycles. The van der Waals surface area contributed by atoms with Crippen LogP contribution in [-0.4, -0.2) is 34.7 Å². The molecule has 7 heteroatoms. The van der Waals surface area contributed by atoms with E-state index < -0.39 is 9.84 Å². The van der Waals surface area contributed by atoms with E-state index in [2.05, 4.69) is 42.2 Å². The lowest BCUT2D eigenvalue weighted by Crippen LogP contribution is -2.09. The molecule has 1 fully saturated rings. The van der Waals surface area contributed by atoms with E-state index >= 15 is 0 Å². The first-order chi connectivity index (χ1) is 10.8. The number of hydrogen-bond acceptors (Lipinski definition) is 5. The van der Waals surface area contributed by atoms with Gasteiger partial charge >= 0.3 is 0 Å². The van der Waals surface area contributed by atoms with Crippen molar-refractivity contribution in [2.75, 3.05) is 11.5 Å². The summed E-state index contributed by atoms with van der Waals surface area (Å²) < 4.78 is 25.2. The van der Waals surface area contributed by atoms with Crippen LogP contribution in [0.4, 0.5) is 0 Å². The number of aromatic nitrogens is 3. The fraction of sp³-hybridized carbons (Fsp3) is 0.500. The zero-order chi connectivity index (χ0) is 16.6. The first-order valence-corrected chi connectivity index (χ1v) is 10.4. The standard InChI is InChI=1S/C16H21N3O2S2/c1-11-6-12(2)8-13(7-11)9-22-16-18-17-15(19(16)3)14-4-5-23(20,21)10-14/h6-8,14H,4-5,9-10H2,1-3H3. The second-order valence-corrected chi connectivity index (χ2v) is 9.46. The molecular weight excluding hydrogens is 330 g/mol. The first-order valence-electron chi connectivity index (χ1n) is 7.64. The first kappa shape index (κ1) is 16.5. The van der Waals surface area contributed by atoms with Crippen molar-refractivity contribution in [3.8, 4) is 0 Å². The topological polar surface area (TPSA) is 64.8 Å². The van der Waals surface area contributed by atoms with E-state index in [0.29, 0.717) is 6.42 Å². The van der Waals surface area contributed by atoms with Crippen LogP contribution in [0.5, 0.6) is 0 Å². The van der Waals surface area contributed by atoms with Crippen LogP contribution in [0, 0.1) is 13.8 Å². The van der Waals surface area contributed by atoms with E-state index in [1.165, 1.54) is 16.7 Å². The van der Waals surface area contributed by atoms with Gasteiger partial charge in [0.1, 0.15) is 5.82 Å². The third-order valence-electron chi connectivity index (χ3n) is 4.12. The maximum Gasteiger partial charge on any atom is 0.191 e. The molecule has 0 saturated carbocycles. The Balaban J connectivity index is 1.72. The highest BCUT2D eigenvalue weighted by Crippen LogP contribution is 2.30. The highest BCUT2D eigenvalue weighted by atomic mass is 32.2. The van der Waals surface area contributed by atoms with Gasteiger partial charge in [-0.05, 0) is 25.8 Å². The predicted octanol–water partition coefficient (Wildman–Crippen LogP) is 2.63. The van der Waals surface area contributed by atoms with E-state index in [0.717, 1.165) is 16.7 Å². The number of rotatable bonds is 4. The lowest BCUT2D eigenvalue weighted by Gasteiger charge is -2.08. The van der Waals surface area contributed by atoms with Crippen LogP contribution in [0.25, 0.3) is 0 Å². The second-order valence-electron chi connectivity index (χ2n) is 6.28. The average molecular weight is 351 g/mol. The third-order valence-corrected chi connectivity index (χ3v) is 6.97. The largest absolute Gasteiger partial charge is 0.309 e. The smallest absolute Gasteiger partial charge is 0.191 e. The molecule has 3 rings (SSSR count). The molecule has 1 unspecified atom stereocenters. The van der Waals surface area contributed by atoms with E-state index in [1.807, 2.05) is 11.6 Å². The Hall–Kier alpha value is -1.34. The summed E-state index contributed by atoms with van der Waals surface area (Å²) in [7, 11) is -0.983. The Kier molecular flexibility index (Phi) is 4.51. The zero-order valence-electron chi connectivity index (χ0n) is 13.6. The minimum Gasteiger partial charge on any atom is -0.309 e. The van der Waals surface area contributed by atoms with E-state index in [1.54, 1.807) is 11.8 Å². The molecule has 0 amide bonds. The van der Waals surface area contributed by atoms with Crippen molar-refractivity contribution in [2.45, 2.75) is 37.1 Å². The van der Waals surface area contributed by atoms with Gasteiger partial charge in [-0.3, -0.25) is 0 Å². The van der Waals surface area contributed by atoms with Crippen molar-refractivity contribution >= 4 is 21.6 Å².